The van der Waals surface area contributed by atoms with Gasteiger partial charge in [-0.15, -0.1) is 0 Å². The van der Waals surface area contributed by atoms with Gasteiger partial charge in [0.1, 0.15) is 11.2 Å². The van der Waals surface area contributed by atoms with Crippen LogP contribution >= 0.6 is 0 Å². The summed E-state index contributed by atoms with van der Waals surface area (Å²) in [4.78, 5) is 21.1. The second-order valence-electron chi connectivity index (χ2n) is 2.35. The first-order valence-electron chi connectivity index (χ1n) is 3.65. The second kappa shape index (κ2) is 3.07. The fourth-order valence-corrected chi connectivity index (χ4v) is 0.994. The Morgan fingerprint density at radius 3 is 3.31 bits per heavy atom. The Morgan fingerprint density at radius 2 is 2.46 bits per heavy atom. The van der Waals surface area contributed by atoms with Crippen molar-refractivity contribution in [2.24, 2.45) is 0 Å². The zero-order valence-corrected chi connectivity index (χ0v) is 6.61. The van der Waals surface area contributed by atoms with Crippen molar-refractivity contribution >= 4 is 17.5 Å². The largest absolute Gasteiger partial charge is 0.345 e. The summed E-state index contributed by atoms with van der Waals surface area (Å²) in [6.07, 6.45) is 3.81. The second-order valence-corrected chi connectivity index (χ2v) is 2.35. The van der Waals surface area contributed by atoms with E-state index in [-0.39, 0.29) is 0 Å². The van der Waals surface area contributed by atoms with Gasteiger partial charge < -0.3 is 4.98 Å². The first kappa shape index (κ1) is 7.50. The highest BCUT2D eigenvalue weighted by Crippen LogP contribution is 2.05. The molecule has 0 radical (unpaired) electrons. The Balaban J connectivity index is 2.54. The topological polar surface area (TPSA) is 58.6 Å². The van der Waals surface area contributed by atoms with E-state index in [0.29, 0.717) is 12.0 Å². The predicted molar refractivity (Wildman–Crippen MR) is 46.8 cm³/mol. The molecule has 0 spiro atoms. The van der Waals surface area contributed by atoms with Crippen LogP contribution in [-0.2, 0) is 4.79 Å². The average Bonchev–Trinajstić information content (AvgIpc) is 2.61. The summed E-state index contributed by atoms with van der Waals surface area (Å²) >= 11 is 0. The molecule has 4 nitrogen and oxygen atoms in total. The smallest absolute Gasteiger partial charge is 0.193 e. The number of aromatic nitrogens is 3. The molecule has 0 fully saturated rings. The average molecular weight is 171 g/mol. The van der Waals surface area contributed by atoms with Crippen molar-refractivity contribution in [2.75, 3.05) is 0 Å². The van der Waals surface area contributed by atoms with Crippen LogP contribution in [0, 0.1) is 11.8 Å². The van der Waals surface area contributed by atoms with Crippen LogP contribution in [0.25, 0.3) is 11.2 Å². The van der Waals surface area contributed by atoms with Crippen LogP contribution < -0.4 is 0 Å². The molecule has 0 unspecified atom stereocenters. The molecule has 1 N–H and O–H groups in total. The van der Waals surface area contributed by atoms with E-state index in [0.717, 1.165) is 11.2 Å². The molecule has 4 heteroatoms. The Morgan fingerprint density at radius 1 is 1.54 bits per heavy atom. The predicted octanol–water partition coefficient (Wildman–Crippen LogP) is 0.508. The highest BCUT2D eigenvalue weighted by molar-refractivity contribution is 5.74. The van der Waals surface area contributed by atoms with Gasteiger partial charge in [0.2, 0.25) is 0 Å². The first-order chi connectivity index (χ1) is 6.40. The van der Waals surface area contributed by atoms with Gasteiger partial charge in [-0.2, -0.15) is 0 Å². The quantitative estimate of drug-likeness (QED) is 0.464. The maximum atomic E-state index is 9.96. The standard InChI is InChI=1S/C9H5N3O/c13-5-1-2-7-6-11-9-8(12-7)3-4-10-9/h3-6H,(H,10,11). The van der Waals surface area contributed by atoms with E-state index in [2.05, 4.69) is 26.8 Å². The molecule has 2 aromatic heterocycles. The molecule has 0 aromatic carbocycles. The number of hydrogen-bond acceptors (Lipinski definition) is 3. The summed E-state index contributed by atoms with van der Waals surface area (Å²) in [5.41, 5.74) is 1.97. The minimum atomic E-state index is 0.499. The lowest BCUT2D eigenvalue weighted by Gasteiger charge is -1.88. The Hall–Kier alpha value is -2.15. The van der Waals surface area contributed by atoms with Crippen molar-refractivity contribution < 1.29 is 4.79 Å². The fraction of sp³-hybridized carbons (Fsp3) is 0. The molecule has 0 saturated carbocycles. The third-order valence-electron chi connectivity index (χ3n) is 1.52. The Labute approximate surface area is 74.0 Å². The fourth-order valence-electron chi connectivity index (χ4n) is 0.994. The van der Waals surface area contributed by atoms with Gasteiger partial charge in [0.15, 0.2) is 11.9 Å². The SMILES string of the molecule is O=CC#Cc1cnc2[nH]ccc2n1. The third kappa shape index (κ3) is 1.40. The third-order valence-corrected chi connectivity index (χ3v) is 1.52. The lowest BCUT2D eigenvalue weighted by molar-refractivity contribution is -0.103. The van der Waals surface area contributed by atoms with Crippen LogP contribution in [0.3, 0.4) is 0 Å². The number of nitrogens with zero attached hydrogens (tertiary/aromatic N) is 2. The molecule has 0 bridgehead atoms. The highest BCUT2D eigenvalue weighted by atomic mass is 16.1. The maximum absolute atomic E-state index is 9.96. The molecule has 0 saturated heterocycles. The van der Waals surface area contributed by atoms with E-state index < -0.39 is 0 Å². The minimum Gasteiger partial charge on any atom is -0.345 e. The molecule has 2 heterocycles. The van der Waals surface area contributed by atoms with Crippen molar-refractivity contribution in [3.05, 3.63) is 24.2 Å². The molecule has 62 valence electrons. The normalized spacial score (nSPS) is 9.23. The molecular weight excluding hydrogens is 166 g/mol. The number of nitrogens with one attached hydrogen (secondary N) is 1. The van der Waals surface area contributed by atoms with E-state index in [1.165, 1.54) is 6.20 Å². The number of aromatic amines is 1. The van der Waals surface area contributed by atoms with Crippen LogP contribution in [0.15, 0.2) is 18.5 Å². The molecule has 2 rings (SSSR count). The number of carbonyl (C=O) groups excluding carboxylic acids is 1. The van der Waals surface area contributed by atoms with Gasteiger partial charge in [-0.3, -0.25) is 4.79 Å². The van der Waals surface area contributed by atoms with Gasteiger partial charge in [-0.05, 0) is 17.9 Å². The summed E-state index contributed by atoms with van der Waals surface area (Å²) in [7, 11) is 0. The van der Waals surface area contributed by atoms with E-state index in [4.69, 9.17) is 0 Å². The van der Waals surface area contributed by atoms with Gasteiger partial charge >= 0.3 is 0 Å². The van der Waals surface area contributed by atoms with Crippen LogP contribution in [0.1, 0.15) is 5.69 Å². The van der Waals surface area contributed by atoms with Crippen LogP contribution in [0.5, 0.6) is 0 Å². The summed E-state index contributed by atoms with van der Waals surface area (Å²) < 4.78 is 0. The number of carbonyl (C=O) groups is 1. The molecule has 0 aliphatic carbocycles. The number of rotatable bonds is 0. The summed E-state index contributed by atoms with van der Waals surface area (Å²) in [5, 5.41) is 0. The molecule has 0 aliphatic rings. The van der Waals surface area contributed by atoms with E-state index in [9.17, 15) is 4.79 Å². The van der Waals surface area contributed by atoms with Gasteiger partial charge in [0, 0.05) is 6.20 Å². The molecule has 0 amide bonds. The number of H-pyrrole nitrogens is 1. The zero-order chi connectivity index (χ0) is 9.10. The summed E-state index contributed by atoms with van der Waals surface area (Å²) in [5.74, 6) is 4.85. The van der Waals surface area contributed by atoms with E-state index in [1.54, 1.807) is 12.3 Å². The van der Waals surface area contributed by atoms with Gasteiger partial charge in [0.05, 0.1) is 6.20 Å². The van der Waals surface area contributed by atoms with E-state index in [1.807, 2.05) is 0 Å². The number of fused-ring (bicyclic) bond motifs is 1. The van der Waals surface area contributed by atoms with Crippen LogP contribution in [0.2, 0.25) is 0 Å². The molecule has 0 aliphatic heterocycles. The van der Waals surface area contributed by atoms with Crippen molar-refractivity contribution in [2.45, 2.75) is 0 Å². The van der Waals surface area contributed by atoms with Crippen molar-refractivity contribution in [1.29, 1.82) is 0 Å². The lowest BCUT2D eigenvalue weighted by atomic mass is 10.4. The van der Waals surface area contributed by atoms with Crippen LogP contribution in [-0.4, -0.2) is 21.2 Å². The lowest BCUT2D eigenvalue weighted by Crippen LogP contribution is -1.85. The monoisotopic (exact) mass is 171 g/mol. The Bertz CT molecular complexity index is 504. The summed E-state index contributed by atoms with van der Waals surface area (Å²) in [6, 6.07) is 1.80. The molecule has 0 atom stereocenters. The molecule has 13 heavy (non-hydrogen) atoms. The van der Waals surface area contributed by atoms with E-state index >= 15 is 0 Å². The Kier molecular flexibility index (Phi) is 1.77. The van der Waals surface area contributed by atoms with Crippen LogP contribution in [0.4, 0.5) is 0 Å². The van der Waals surface area contributed by atoms with Crippen molar-refractivity contribution in [1.82, 2.24) is 15.0 Å². The maximum Gasteiger partial charge on any atom is 0.193 e. The molecule has 2 aromatic rings. The highest BCUT2D eigenvalue weighted by Gasteiger charge is 1.96. The van der Waals surface area contributed by atoms with Gasteiger partial charge in [-0.1, -0.05) is 0 Å². The van der Waals surface area contributed by atoms with Crippen molar-refractivity contribution in [3.8, 4) is 11.8 Å². The van der Waals surface area contributed by atoms with Gasteiger partial charge in [-0.25, -0.2) is 9.97 Å². The number of aldehydes is 1. The number of hydrogen-bond donors (Lipinski definition) is 1. The minimum absolute atomic E-state index is 0.499. The van der Waals surface area contributed by atoms with Gasteiger partial charge in [0.25, 0.3) is 0 Å². The van der Waals surface area contributed by atoms with Crippen molar-refractivity contribution in [3.63, 3.8) is 0 Å². The zero-order valence-electron chi connectivity index (χ0n) is 6.61. The summed E-state index contributed by atoms with van der Waals surface area (Å²) in [6.45, 7) is 0. The first-order valence-corrected chi connectivity index (χ1v) is 3.65. The molecular formula is C9H5N3O.